The third kappa shape index (κ3) is 5.55. The molecular weight excluding hydrogens is 459 g/mol. The Balaban J connectivity index is 1.68. The van der Waals surface area contributed by atoms with Gasteiger partial charge in [-0.3, -0.25) is 0 Å². The lowest BCUT2D eigenvalue weighted by atomic mass is 9.78. The van der Waals surface area contributed by atoms with E-state index in [2.05, 4.69) is 23.5 Å². The van der Waals surface area contributed by atoms with E-state index in [4.69, 9.17) is 9.47 Å². The second-order valence-electron chi connectivity index (χ2n) is 8.33. The normalized spacial score (nSPS) is 16.9. The summed E-state index contributed by atoms with van der Waals surface area (Å²) < 4.78 is 53.9. The fourth-order valence-corrected chi connectivity index (χ4v) is 4.39. The van der Waals surface area contributed by atoms with Crippen molar-refractivity contribution < 1.29 is 32.5 Å². The van der Waals surface area contributed by atoms with Gasteiger partial charge in [-0.2, -0.15) is 0 Å². The van der Waals surface area contributed by atoms with E-state index in [1.165, 1.54) is 24.3 Å². The number of hydrogen-bond acceptors (Lipinski definition) is 5. The van der Waals surface area contributed by atoms with E-state index in [1.54, 1.807) is 24.3 Å². The van der Waals surface area contributed by atoms with Gasteiger partial charge >= 0.3 is 6.36 Å². The summed E-state index contributed by atoms with van der Waals surface area (Å²) in [7, 11) is 0. The van der Waals surface area contributed by atoms with Crippen molar-refractivity contribution in [3.63, 3.8) is 0 Å². The van der Waals surface area contributed by atoms with Crippen molar-refractivity contribution in [2.24, 2.45) is 0 Å². The number of hydrogen-bond donors (Lipinski definition) is 1. The molecule has 1 aliphatic heterocycles. The summed E-state index contributed by atoms with van der Waals surface area (Å²) in [4.78, 5) is 2.23. The Labute approximate surface area is 202 Å². The first kappa shape index (κ1) is 24.9. The van der Waals surface area contributed by atoms with Gasteiger partial charge in [0.1, 0.15) is 35.2 Å². The summed E-state index contributed by atoms with van der Waals surface area (Å²) in [6, 6.07) is 18.1. The zero-order valence-corrected chi connectivity index (χ0v) is 19.6. The fourth-order valence-electron chi connectivity index (χ4n) is 4.39. The summed E-state index contributed by atoms with van der Waals surface area (Å²) in [6.07, 6.45) is -4.67. The van der Waals surface area contributed by atoms with Gasteiger partial charge in [-0.15, -0.1) is 13.2 Å². The van der Waals surface area contributed by atoms with Gasteiger partial charge in [0.25, 0.3) is 0 Å². The minimum Gasteiger partial charge on any atom is -0.492 e. The SMILES string of the molecule is CCN(CC)CCOc1cccc2c1C(O)(Cc1ccc(OC(F)(F)F)cc1)c1ccccc1O2. The van der Waals surface area contributed by atoms with Gasteiger partial charge in [-0.05, 0) is 49.0 Å². The van der Waals surface area contributed by atoms with Crippen LogP contribution < -0.4 is 14.2 Å². The summed E-state index contributed by atoms with van der Waals surface area (Å²) in [5.74, 6) is 1.17. The predicted molar refractivity (Wildman–Crippen MR) is 126 cm³/mol. The number of alkyl halides is 3. The molecular formula is C27H28F3NO4. The Morgan fingerprint density at radius 1 is 0.914 bits per heavy atom. The minimum absolute atomic E-state index is 0.100. The lowest BCUT2D eigenvalue weighted by Gasteiger charge is -2.37. The van der Waals surface area contributed by atoms with Crippen LogP contribution in [-0.4, -0.2) is 42.6 Å². The molecule has 0 bridgehead atoms. The van der Waals surface area contributed by atoms with Crippen LogP contribution in [0.2, 0.25) is 0 Å². The maximum Gasteiger partial charge on any atom is 0.573 e. The van der Waals surface area contributed by atoms with Crippen LogP contribution >= 0.6 is 0 Å². The molecule has 8 heteroatoms. The van der Waals surface area contributed by atoms with Crippen LogP contribution in [0.25, 0.3) is 0 Å². The number of aliphatic hydroxyl groups is 1. The molecule has 0 aromatic heterocycles. The molecule has 3 aromatic rings. The lowest BCUT2D eigenvalue weighted by molar-refractivity contribution is -0.274. The van der Waals surface area contributed by atoms with Gasteiger partial charge < -0.3 is 24.2 Å². The average Bonchev–Trinajstić information content (AvgIpc) is 2.82. The monoisotopic (exact) mass is 487 g/mol. The Kier molecular flexibility index (Phi) is 7.23. The van der Waals surface area contributed by atoms with E-state index in [1.807, 2.05) is 18.2 Å². The molecule has 0 amide bonds. The third-order valence-corrected chi connectivity index (χ3v) is 6.13. The minimum atomic E-state index is -4.77. The molecule has 1 atom stereocenters. The molecule has 1 aliphatic rings. The molecule has 0 aliphatic carbocycles. The Morgan fingerprint density at radius 2 is 1.60 bits per heavy atom. The fraction of sp³-hybridized carbons (Fsp3) is 0.333. The molecule has 1 heterocycles. The molecule has 0 spiro atoms. The van der Waals surface area contributed by atoms with E-state index in [0.717, 1.165) is 19.6 Å². The average molecular weight is 488 g/mol. The van der Waals surface area contributed by atoms with Crippen molar-refractivity contribution in [1.82, 2.24) is 4.90 Å². The molecule has 0 saturated carbocycles. The molecule has 1 unspecified atom stereocenters. The van der Waals surface area contributed by atoms with Crippen molar-refractivity contribution in [3.8, 4) is 23.0 Å². The molecule has 186 valence electrons. The first-order chi connectivity index (χ1) is 16.7. The number of ether oxygens (including phenoxy) is 3. The highest BCUT2D eigenvalue weighted by Crippen LogP contribution is 2.51. The quantitative estimate of drug-likeness (QED) is 0.408. The van der Waals surface area contributed by atoms with E-state index in [0.29, 0.717) is 40.5 Å². The van der Waals surface area contributed by atoms with Gasteiger partial charge in [0, 0.05) is 18.5 Å². The van der Waals surface area contributed by atoms with Crippen LogP contribution in [0, 0.1) is 0 Å². The van der Waals surface area contributed by atoms with Crippen LogP contribution in [0.3, 0.4) is 0 Å². The molecule has 5 nitrogen and oxygen atoms in total. The molecule has 4 rings (SSSR count). The third-order valence-electron chi connectivity index (χ3n) is 6.13. The zero-order chi connectivity index (χ0) is 25.1. The van der Waals surface area contributed by atoms with Crippen molar-refractivity contribution in [1.29, 1.82) is 0 Å². The Hall–Kier alpha value is -3.23. The van der Waals surface area contributed by atoms with Gasteiger partial charge in [0.15, 0.2) is 0 Å². The summed E-state index contributed by atoms with van der Waals surface area (Å²) >= 11 is 0. The number of likely N-dealkylation sites (N-methyl/N-ethyl adjacent to an activating group) is 1. The lowest BCUT2D eigenvalue weighted by Crippen LogP contribution is -2.34. The van der Waals surface area contributed by atoms with Gasteiger partial charge in [-0.1, -0.05) is 50.2 Å². The van der Waals surface area contributed by atoms with Gasteiger partial charge in [0.05, 0.1) is 5.56 Å². The maximum absolute atomic E-state index is 12.6. The number of rotatable bonds is 9. The second-order valence-corrected chi connectivity index (χ2v) is 8.33. The van der Waals surface area contributed by atoms with Crippen molar-refractivity contribution in [2.75, 3.05) is 26.2 Å². The first-order valence-corrected chi connectivity index (χ1v) is 11.6. The van der Waals surface area contributed by atoms with E-state index < -0.39 is 12.0 Å². The molecule has 1 N–H and O–H groups in total. The van der Waals surface area contributed by atoms with E-state index in [9.17, 15) is 18.3 Å². The Bertz CT molecular complexity index is 1150. The van der Waals surface area contributed by atoms with Crippen LogP contribution in [0.15, 0.2) is 66.7 Å². The standard InChI is InChI=1S/C27H28F3NO4/c1-3-31(4-2)16-17-33-23-10-7-11-24-25(23)26(32,21-8-5-6-9-22(21)34-24)18-19-12-14-20(15-13-19)35-27(28,29)30/h5-15,32H,3-4,16-18H2,1-2H3. The highest BCUT2D eigenvalue weighted by atomic mass is 19.4. The molecule has 0 radical (unpaired) electrons. The first-order valence-electron chi connectivity index (χ1n) is 11.6. The van der Waals surface area contributed by atoms with Gasteiger partial charge in [-0.25, -0.2) is 0 Å². The summed E-state index contributed by atoms with van der Waals surface area (Å²) in [5.41, 5.74) is 0.155. The maximum atomic E-state index is 12.6. The van der Waals surface area contributed by atoms with Crippen LogP contribution in [0.4, 0.5) is 13.2 Å². The number of nitrogens with zero attached hydrogens (tertiary/aromatic N) is 1. The smallest absolute Gasteiger partial charge is 0.492 e. The van der Waals surface area contributed by atoms with Crippen LogP contribution in [0.1, 0.15) is 30.5 Å². The Morgan fingerprint density at radius 3 is 2.29 bits per heavy atom. The molecule has 0 saturated heterocycles. The summed E-state index contributed by atoms with van der Waals surface area (Å²) in [6.45, 7) is 7.14. The van der Waals surface area contributed by atoms with Crippen LogP contribution in [-0.2, 0) is 12.0 Å². The van der Waals surface area contributed by atoms with E-state index >= 15 is 0 Å². The number of para-hydroxylation sites is 1. The van der Waals surface area contributed by atoms with E-state index in [-0.39, 0.29) is 12.2 Å². The number of halogens is 3. The van der Waals surface area contributed by atoms with Gasteiger partial charge in [0.2, 0.25) is 0 Å². The van der Waals surface area contributed by atoms with Crippen LogP contribution in [0.5, 0.6) is 23.0 Å². The van der Waals surface area contributed by atoms with Crippen molar-refractivity contribution >= 4 is 0 Å². The molecule has 35 heavy (non-hydrogen) atoms. The number of fused-ring (bicyclic) bond motifs is 2. The summed E-state index contributed by atoms with van der Waals surface area (Å²) in [5, 5.41) is 12.2. The highest BCUT2D eigenvalue weighted by molar-refractivity contribution is 5.61. The van der Waals surface area contributed by atoms with Crippen molar-refractivity contribution in [3.05, 3.63) is 83.4 Å². The molecule has 3 aromatic carbocycles. The highest BCUT2D eigenvalue weighted by Gasteiger charge is 2.43. The number of benzene rings is 3. The topological polar surface area (TPSA) is 51.2 Å². The zero-order valence-electron chi connectivity index (χ0n) is 19.6. The second kappa shape index (κ2) is 10.2. The molecule has 0 fully saturated rings. The largest absolute Gasteiger partial charge is 0.573 e. The predicted octanol–water partition coefficient (Wildman–Crippen LogP) is 5.89. The van der Waals surface area contributed by atoms with Crippen molar-refractivity contribution in [2.45, 2.75) is 32.2 Å².